The Morgan fingerprint density at radius 2 is 2.38 bits per heavy atom. The molecule has 1 unspecified atom stereocenters. The van der Waals surface area contributed by atoms with Gasteiger partial charge >= 0.3 is 5.97 Å². The predicted octanol–water partition coefficient (Wildman–Crippen LogP) is -1.23. The zero-order chi connectivity index (χ0) is 12.1. The van der Waals surface area contributed by atoms with Crippen LogP contribution >= 0.6 is 12.6 Å². The molecular formula is C8H12N4O3S. The van der Waals surface area contributed by atoms with Crippen LogP contribution in [0.2, 0.25) is 0 Å². The first-order valence-electron chi connectivity index (χ1n) is 4.48. The summed E-state index contributed by atoms with van der Waals surface area (Å²) in [5.41, 5.74) is 5.63. The summed E-state index contributed by atoms with van der Waals surface area (Å²) in [6.45, 7) is -0.250. The molecule has 8 heteroatoms. The van der Waals surface area contributed by atoms with E-state index in [-0.39, 0.29) is 13.0 Å². The highest BCUT2D eigenvalue weighted by molar-refractivity contribution is 7.80. The molecule has 0 fully saturated rings. The van der Waals surface area contributed by atoms with Crippen LogP contribution in [-0.4, -0.2) is 39.5 Å². The molecule has 1 amide bonds. The van der Waals surface area contributed by atoms with E-state index in [0.717, 1.165) is 0 Å². The van der Waals surface area contributed by atoms with Crippen LogP contribution in [0.1, 0.15) is 5.69 Å². The molecule has 0 aliphatic carbocycles. The van der Waals surface area contributed by atoms with Crippen LogP contribution in [0.3, 0.4) is 0 Å². The maximum absolute atomic E-state index is 11.0. The topological polar surface area (TPSA) is 121 Å². The van der Waals surface area contributed by atoms with Gasteiger partial charge in [-0.25, -0.2) is 9.78 Å². The fourth-order valence-electron chi connectivity index (χ4n) is 1.12. The van der Waals surface area contributed by atoms with Crippen molar-refractivity contribution in [3.63, 3.8) is 0 Å². The summed E-state index contributed by atoms with van der Waals surface area (Å²) in [7, 11) is 0. The van der Waals surface area contributed by atoms with Crippen LogP contribution in [0, 0.1) is 0 Å². The van der Waals surface area contributed by atoms with Crippen LogP contribution in [0.15, 0.2) is 11.4 Å². The number of carbonyl (C=O) groups excluding carboxylic acids is 1. The van der Waals surface area contributed by atoms with Crippen molar-refractivity contribution in [1.29, 1.82) is 0 Å². The number of nitrogens with two attached hydrogens (primary N) is 1. The fourth-order valence-corrected chi connectivity index (χ4v) is 1.34. The molecule has 1 aromatic heterocycles. The number of carboxylic acids is 1. The second-order valence-corrected chi connectivity index (χ2v) is 3.49. The lowest BCUT2D eigenvalue weighted by molar-refractivity contribution is -0.141. The van der Waals surface area contributed by atoms with Crippen LogP contribution < -0.4 is 11.1 Å². The number of hydrogen-bond donors (Lipinski definition) is 5. The maximum Gasteiger partial charge on any atom is 0.326 e. The molecule has 7 nitrogen and oxygen atoms in total. The third-order valence-electron chi connectivity index (χ3n) is 1.92. The molecule has 0 aliphatic rings. The summed E-state index contributed by atoms with van der Waals surface area (Å²) in [6, 6.07) is -1.04. The van der Waals surface area contributed by atoms with Crippen molar-refractivity contribution in [2.45, 2.75) is 17.5 Å². The van der Waals surface area contributed by atoms with E-state index in [9.17, 15) is 9.59 Å². The Labute approximate surface area is 96.8 Å². The van der Waals surface area contributed by atoms with Gasteiger partial charge in [-0.1, -0.05) is 0 Å². The zero-order valence-corrected chi connectivity index (χ0v) is 9.20. The largest absolute Gasteiger partial charge is 0.480 e. The van der Waals surface area contributed by atoms with E-state index in [1.54, 1.807) is 0 Å². The number of nitrogens with one attached hydrogen (secondary N) is 2. The van der Waals surface area contributed by atoms with E-state index in [2.05, 4.69) is 27.9 Å². The predicted molar refractivity (Wildman–Crippen MR) is 58.2 cm³/mol. The Morgan fingerprint density at radius 1 is 1.69 bits per heavy atom. The average Bonchev–Trinajstić information content (AvgIpc) is 2.63. The van der Waals surface area contributed by atoms with Crippen LogP contribution in [0.25, 0.3) is 0 Å². The first-order chi connectivity index (χ1) is 7.54. The summed E-state index contributed by atoms with van der Waals surface area (Å²) in [6.07, 6.45) is 1.49. The zero-order valence-electron chi connectivity index (χ0n) is 8.30. The molecule has 0 aromatic carbocycles. The number of carboxylic acid groups (broad SMARTS) is 1. The lowest BCUT2D eigenvalue weighted by Gasteiger charge is -2.13. The van der Waals surface area contributed by atoms with Crippen molar-refractivity contribution in [3.05, 3.63) is 12.0 Å². The van der Waals surface area contributed by atoms with E-state index in [4.69, 9.17) is 10.8 Å². The Hall–Kier alpha value is -1.54. The molecule has 1 heterocycles. The van der Waals surface area contributed by atoms with E-state index in [1.807, 2.05) is 0 Å². The minimum Gasteiger partial charge on any atom is -0.480 e. The molecule has 0 radical (unpaired) electrons. The SMILES string of the molecule is NCC(=O)NC(Cc1[nH]cnc1S)C(=O)O. The van der Waals surface area contributed by atoms with Gasteiger partial charge in [-0.15, -0.1) is 12.6 Å². The lowest BCUT2D eigenvalue weighted by atomic mass is 10.1. The molecule has 0 saturated carbocycles. The van der Waals surface area contributed by atoms with E-state index >= 15 is 0 Å². The molecule has 88 valence electrons. The lowest BCUT2D eigenvalue weighted by Crippen LogP contribution is -2.44. The number of H-pyrrole nitrogens is 1. The molecule has 1 rings (SSSR count). The summed E-state index contributed by atoms with van der Waals surface area (Å²) in [4.78, 5) is 28.4. The van der Waals surface area contributed by atoms with E-state index in [1.165, 1.54) is 6.33 Å². The smallest absolute Gasteiger partial charge is 0.326 e. The molecular weight excluding hydrogens is 232 g/mol. The summed E-state index contributed by atoms with van der Waals surface area (Å²) in [5.74, 6) is -1.66. The van der Waals surface area contributed by atoms with Crippen molar-refractivity contribution >= 4 is 24.5 Å². The molecule has 16 heavy (non-hydrogen) atoms. The number of aliphatic carboxylic acids is 1. The highest BCUT2D eigenvalue weighted by atomic mass is 32.1. The van der Waals surface area contributed by atoms with Gasteiger partial charge in [0, 0.05) is 6.42 Å². The Bertz CT molecular complexity index is 392. The van der Waals surface area contributed by atoms with E-state index < -0.39 is 17.9 Å². The summed E-state index contributed by atoms with van der Waals surface area (Å²) >= 11 is 4.03. The van der Waals surface area contributed by atoms with Gasteiger partial charge in [-0.2, -0.15) is 0 Å². The molecule has 0 bridgehead atoms. The quantitative estimate of drug-likeness (QED) is 0.415. The molecule has 1 aromatic rings. The third-order valence-corrected chi connectivity index (χ3v) is 2.31. The highest BCUT2D eigenvalue weighted by Gasteiger charge is 2.21. The number of rotatable bonds is 5. The van der Waals surface area contributed by atoms with Gasteiger partial charge in [-0.3, -0.25) is 4.79 Å². The van der Waals surface area contributed by atoms with Crippen LogP contribution in [0.5, 0.6) is 0 Å². The minimum atomic E-state index is -1.14. The van der Waals surface area contributed by atoms with Crippen molar-refractivity contribution in [3.8, 4) is 0 Å². The second kappa shape index (κ2) is 5.52. The monoisotopic (exact) mass is 244 g/mol. The number of hydrogen-bond acceptors (Lipinski definition) is 5. The summed E-state index contributed by atoms with van der Waals surface area (Å²) in [5, 5.41) is 11.6. The Kier molecular flexibility index (Phi) is 4.32. The molecule has 0 spiro atoms. The van der Waals surface area contributed by atoms with Gasteiger partial charge in [0.1, 0.15) is 11.1 Å². The van der Waals surface area contributed by atoms with Crippen molar-refractivity contribution < 1.29 is 14.7 Å². The number of carbonyl (C=O) groups is 2. The number of aromatic amines is 1. The third kappa shape index (κ3) is 3.24. The number of imidazole rings is 1. The van der Waals surface area contributed by atoms with Crippen molar-refractivity contribution in [2.75, 3.05) is 6.54 Å². The number of amides is 1. The van der Waals surface area contributed by atoms with E-state index in [0.29, 0.717) is 10.7 Å². The van der Waals surface area contributed by atoms with Crippen LogP contribution in [0.4, 0.5) is 0 Å². The van der Waals surface area contributed by atoms with Gasteiger partial charge in [0.25, 0.3) is 0 Å². The number of nitrogens with zero attached hydrogens (tertiary/aromatic N) is 1. The first-order valence-corrected chi connectivity index (χ1v) is 4.92. The first kappa shape index (κ1) is 12.5. The number of thiol groups is 1. The minimum absolute atomic E-state index is 0.0832. The van der Waals surface area contributed by atoms with Gasteiger partial charge in [0.05, 0.1) is 18.6 Å². The molecule has 1 atom stereocenters. The van der Waals surface area contributed by atoms with Crippen molar-refractivity contribution in [2.24, 2.45) is 5.73 Å². The van der Waals surface area contributed by atoms with Gasteiger partial charge < -0.3 is 21.1 Å². The van der Waals surface area contributed by atoms with Gasteiger partial charge in [0.15, 0.2) is 0 Å². The normalized spacial score (nSPS) is 12.1. The molecule has 0 aliphatic heterocycles. The average molecular weight is 244 g/mol. The highest BCUT2D eigenvalue weighted by Crippen LogP contribution is 2.09. The molecule has 0 saturated heterocycles. The summed E-state index contributed by atoms with van der Waals surface area (Å²) < 4.78 is 0. The Morgan fingerprint density at radius 3 is 2.81 bits per heavy atom. The molecule has 5 N–H and O–H groups in total. The van der Waals surface area contributed by atoms with Crippen LogP contribution in [-0.2, 0) is 16.0 Å². The van der Waals surface area contributed by atoms with Gasteiger partial charge in [0.2, 0.25) is 5.91 Å². The second-order valence-electron chi connectivity index (χ2n) is 3.07. The Balaban J connectivity index is 2.69. The maximum atomic E-state index is 11.0. The fraction of sp³-hybridized carbons (Fsp3) is 0.375. The standard InChI is InChI=1S/C8H12N4O3S/c9-2-6(13)12-5(8(14)15)1-4-7(16)11-3-10-4/h3,5,16H,1-2,9H2,(H,10,11)(H,12,13)(H,14,15). The van der Waals surface area contributed by atoms with Crippen molar-refractivity contribution in [1.82, 2.24) is 15.3 Å². The van der Waals surface area contributed by atoms with Gasteiger partial charge in [-0.05, 0) is 0 Å². The number of aromatic nitrogens is 2.